The highest BCUT2D eigenvalue weighted by Crippen LogP contribution is 2.27. The monoisotopic (exact) mass is 403 g/mol. The van der Waals surface area contributed by atoms with Crippen LogP contribution in [0.1, 0.15) is 23.7 Å². The Balaban J connectivity index is 1.49. The van der Waals surface area contributed by atoms with Crippen LogP contribution >= 0.6 is 0 Å². The molecule has 5 nitrogen and oxygen atoms in total. The second-order valence-electron chi connectivity index (χ2n) is 6.37. The van der Waals surface area contributed by atoms with Gasteiger partial charge >= 0.3 is 6.18 Å². The summed E-state index contributed by atoms with van der Waals surface area (Å²) in [5.41, 5.74) is 1.54. The summed E-state index contributed by atoms with van der Waals surface area (Å²) in [6, 6.07) is 15.2. The van der Waals surface area contributed by atoms with E-state index in [0.29, 0.717) is 11.4 Å². The van der Waals surface area contributed by atoms with E-state index in [-0.39, 0.29) is 19.1 Å². The van der Waals surface area contributed by atoms with Crippen LogP contribution in [0, 0.1) is 0 Å². The van der Waals surface area contributed by atoms with Crippen LogP contribution in [-0.4, -0.2) is 22.3 Å². The second kappa shape index (κ2) is 8.81. The first kappa shape index (κ1) is 20.4. The number of benzene rings is 2. The van der Waals surface area contributed by atoms with E-state index in [4.69, 9.17) is 4.74 Å². The van der Waals surface area contributed by atoms with E-state index >= 15 is 0 Å². The molecule has 1 amide bonds. The number of aromatic nitrogens is 2. The molecular formula is C21H20F3N3O2. The van der Waals surface area contributed by atoms with Gasteiger partial charge in [-0.05, 0) is 47.9 Å². The van der Waals surface area contributed by atoms with Crippen LogP contribution < -0.4 is 10.1 Å². The predicted molar refractivity (Wildman–Crippen MR) is 102 cm³/mol. The first-order valence-corrected chi connectivity index (χ1v) is 9.06. The fourth-order valence-corrected chi connectivity index (χ4v) is 2.61. The number of alkyl halides is 3. The number of rotatable bonds is 7. The summed E-state index contributed by atoms with van der Waals surface area (Å²) in [5, 5.41) is 6.26. The number of carbonyl (C=O) groups excluding carboxylic acids is 1. The van der Waals surface area contributed by atoms with Crippen LogP contribution in [0.25, 0.3) is 5.69 Å². The second-order valence-corrected chi connectivity index (χ2v) is 6.37. The lowest BCUT2D eigenvalue weighted by atomic mass is 10.2. The third kappa shape index (κ3) is 5.60. The van der Waals surface area contributed by atoms with Crippen molar-refractivity contribution in [3.8, 4) is 11.4 Å². The molecule has 0 aliphatic heterocycles. The molecule has 1 aromatic heterocycles. The number of amides is 1. The summed E-state index contributed by atoms with van der Waals surface area (Å²) < 4.78 is 44.5. The maximum atomic E-state index is 12.6. The van der Waals surface area contributed by atoms with E-state index in [9.17, 15) is 18.0 Å². The Morgan fingerprint density at radius 2 is 1.69 bits per heavy atom. The molecule has 0 radical (unpaired) electrons. The molecule has 3 aromatic rings. The SMILES string of the molecule is CCc1ccc(OCC(=O)NCc2ccc(-n3ccc(C(F)(F)F)n3)cc2)cc1. The Labute approximate surface area is 166 Å². The summed E-state index contributed by atoms with van der Waals surface area (Å²) in [4.78, 5) is 11.9. The Hall–Kier alpha value is -3.29. The van der Waals surface area contributed by atoms with Crippen molar-refractivity contribution >= 4 is 5.91 Å². The number of hydrogen-bond donors (Lipinski definition) is 1. The first-order valence-electron chi connectivity index (χ1n) is 9.06. The number of nitrogens with one attached hydrogen (secondary N) is 1. The molecule has 0 aliphatic carbocycles. The molecule has 3 rings (SSSR count). The lowest BCUT2D eigenvalue weighted by molar-refractivity contribution is -0.141. The molecule has 0 fully saturated rings. The molecule has 0 saturated heterocycles. The van der Waals surface area contributed by atoms with Crippen molar-refractivity contribution in [1.82, 2.24) is 15.1 Å². The fraction of sp³-hybridized carbons (Fsp3) is 0.238. The highest BCUT2D eigenvalue weighted by atomic mass is 19.4. The van der Waals surface area contributed by atoms with Crippen molar-refractivity contribution in [3.05, 3.63) is 77.6 Å². The standard InChI is InChI=1S/C21H20F3N3O2/c1-2-15-5-9-18(10-6-15)29-14-20(28)25-13-16-3-7-17(8-4-16)27-12-11-19(26-27)21(22,23)24/h3-12H,2,13-14H2,1H3,(H,25,28). The average molecular weight is 403 g/mol. The van der Waals surface area contributed by atoms with Crippen molar-refractivity contribution in [2.75, 3.05) is 6.61 Å². The summed E-state index contributed by atoms with van der Waals surface area (Å²) in [7, 11) is 0. The molecule has 2 aromatic carbocycles. The van der Waals surface area contributed by atoms with Crippen molar-refractivity contribution in [3.63, 3.8) is 0 Å². The molecule has 8 heteroatoms. The highest BCUT2D eigenvalue weighted by molar-refractivity contribution is 5.77. The van der Waals surface area contributed by atoms with Crippen molar-refractivity contribution in [1.29, 1.82) is 0 Å². The van der Waals surface area contributed by atoms with Gasteiger partial charge in [-0.15, -0.1) is 0 Å². The lowest BCUT2D eigenvalue weighted by Crippen LogP contribution is -2.28. The minimum atomic E-state index is -4.48. The largest absolute Gasteiger partial charge is 0.484 e. The normalized spacial score (nSPS) is 11.3. The number of hydrogen-bond acceptors (Lipinski definition) is 3. The third-order valence-corrected chi connectivity index (χ3v) is 4.27. The van der Waals surface area contributed by atoms with E-state index in [2.05, 4.69) is 17.3 Å². The lowest BCUT2D eigenvalue weighted by Gasteiger charge is -2.09. The summed E-state index contributed by atoms with van der Waals surface area (Å²) in [6.07, 6.45) is -2.29. The van der Waals surface area contributed by atoms with Crippen molar-refractivity contribution < 1.29 is 22.7 Å². The molecule has 0 aliphatic rings. The molecule has 0 saturated carbocycles. The average Bonchev–Trinajstić information content (AvgIpc) is 3.22. The molecule has 29 heavy (non-hydrogen) atoms. The zero-order valence-corrected chi connectivity index (χ0v) is 15.7. The van der Waals surface area contributed by atoms with Crippen LogP contribution in [0.15, 0.2) is 60.8 Å². The smallest absolute Gasteiger partial charge is 0.435 e. The molecule has 1 heterocycles. The van der Waals surface area contributed by atoms with E-state index < -0.39 is 11.9 Å². The first-order chi connectivity index (χ1) is 13.8. The van der Waals surface area contributed by atoms with E-state index in [1.165, 1.54) is 11.8 Å². The van der Waals surface area contributed by atoms with Gasteiger partial charge in [0.2, 0.25) is 0 Å². The topological polar surface area (TPSA) is 56.1 Å². The molecule has 1 N–H and O–H groups in total. The number of halogens is 3. The molecule has 0 bridgehead atoms. The Bertz CT molecular complexity index is 949. The van der Waals surface area contributed by atoms with Crippen LogP contribution in [0.3, 0.4) is 0 Å². The van der Waals surface area contributed by atoms with Gasteiger partial charge in [-0.25, -0.2) is 4.68 Å². The van der Waals surface area contributed by atoms with Crippen LogP contribution in [0.5, 0.6) is 5.75 Å². The Kier molecular flexibility index (Phi) is 6.21. The summed E-state index contributed by atoms with van der Waals surface area (Å²) in [6.45, 7) is 2.24. The zero-order valence-electron chi connectivity index (χ0n) is 15.7. The minimum Gasteiger partial charge on any atom is -0.484 e. The fourth-order valence-electron chi connectivity index (χ4n) is 2.61. The van der Waals surface area contributed by atoms with Gasteiger partial charge < -0.3 is 10.1 Å². The van der Waals surface area contributed by atoms with Gasteiger partial charge in [-0.2, -0.15) is 18.3 Å². The number of carbonyl (C=O) groups is 1. The third-order valence-electron chi connectivity index (χ3n) is 4.27. The van der Waals surface area contributed by atoms with Crippen LogP contribution in [0.4, 0.5) is 13.2 Å². The summed E-state index contributed by atoms with van der Waals surface area (Å²) >= 11 is 0. The number of ether oxygens (including phenoxy) is 1. The van der Waals surface area contributed by atoms with Gasteiger partial charge in [0, 0.05) is 12.7 Å². The summed E-state index contributed by atoms with van der Waals surface area (Å²) in [5.74, 6) is 0.356. The quantitative estimate of drug-likeness (QED) is 0.645. The molecule has 0 unspecified atom stereocenters. The molecule has 0 spiro atoms. The van der Waals surface area contributed by atoms with Crippen molar-refractivity contribution in [2.45, 2.75) is 26.1 Å². The zero-order chi connectivity index (χ0) is 20.9. The van der Waals surface area contributed by atoms with E-state index in [0.717, 1.165) is 22.7 Å². The molecular weight excluding hydrogens is 383 g/mol. The van der Waals surface area contributed by atoms with Gasteiger partial charge in [0.15, 0.2) is 12.3 Å². The van der Waals surface area contributed by atoms with Gasteiger partial charge in [-0.1, -0.05) is 31.2 Å². The van der Waals surface area contributed by atoms with Crippen LogP contribution in [0.2, 0.25) is 0 Å². The Morgan fingerprint density at radius 3 is 2.28 bits per heavy atom. The minimum absolute atomic E-state index is 0.100. The molecule has 0 atom stereocenters. The van der Waals surface area contributed by atoms with Gasteiger partial charge in [0.1, 0.15) is 5.75 Å². The maximum Gasteiger partial charge on any atom is 0.435 e. The maximum absolute atomic E-state index is 12.6. The van der Waals surface area contributed by atoms with E-state index in [1.54, 1.807) is 24.3 Å². The van der Waals surface area contributed by atoms with Gasteiger partial charge in [0.25, 0.3) is 5.91 Å². The van der Waals surface area contributed by atoms with E-state index in [1.807, 2.05) is 24.3 Å². The molecule has 152 valence electrons. The van der Waals surface area contributed by atoms with Crippen LogP contribution in [-0.2, 0) is 23.9 Å². The van der Waals surface area contributed by atoms with Crippen molar-refractivity contribution in [2.24, 2.45) is 0 Å². The highest BCUT2D eigenvalue weighted by Gasteiger charge is 2.33. The Morgan fingerprint density at radius 1 is 1.03 bits per heavy atom. The predicted octanol–water partition coefficient (Wildman–Crippen LogP) is 4.15. The number of nitrogens with zero attached hydrogens (tertiary/aromatic N) is 2. The number of aryl methyl sites for hydroxylation is 1. The van der Waals surface area contributed by atoms with Gasteiger partial charge in [-0.3, -0.25) is 4.79 Å². The van der Waals surface area contributed by atoms with Gasteiger partial charge in [0.05, 0.1) is 5.69 Å².